The fourth-order valence-corrected chi connectivity index (χ4v) is 13.6. The average molecular weight is 911 g/mol. The Morgan fingerprint density at radius 1 is 0.194 bits per heavy atom. The normalized spacial score (nSPS) is 13.8. The van der Waals surface area contributed by atoms with Gasteiger partial charge in [0, 0.05) is 0 Å². The van der Waals surface area contributed by atoms with E-state index in [1.807, 2.05) is 0 Å². The van der Waals surface area contributed by atoms with Crippen LogP contribution in [0.2, 0.25) is 0 Å². The summed E-state index contributed by atoms with van der Waals surface area (Å²) in [6.45, 7) is 0. The molecule has 0 N–H and O–H groups in total. The van der Waals surface area contributed by atoms with Gasteiger partial charge in [-0.25, -0.2) is 0 Å². The van der Waals surface area contributed by atoms with Crippen LogP contribution < -0.4 is 0 Å². The maximum atomic E-state index is 2.62. The van der Waals surface area contributed by atoms with Crippen molar-refractivity contribution in [3.05, 3.63) is 324 Å². The first-order valence-electron chi connectivity index (χ1n) is 25.2. The van der Waals surface area contributed by atoms with E-state index >= 15 is 0 Å². The Morgan fingerprint density at radius 3 is 1.14 bits per heavy atom. The van der Waals surface area contributed by atoms with Crippen LogP contribution >= 0.6 is 0 Å². The Balaban J connectivity index is 1.11. The Kier molecular flexibility index (Phi) is 8.89. The molecule has 0 heteroatoms. The lowest BCUT2D eigenvalue weighted by Gasteiger charge is -2.35. The number of hydrogen-bond acceptors (Lipinski definition) is 0. The van der Waals surface area contributed by atoms with E-state index in [1.54, 1.807) is 0 Å². The number of rotatable bonds is 6. The molecule has 15 rings (SSSR count). The second kappa shape index (κ2) is 15.7. The van der Waals surface area contributed by atoms with Crippen molar-refractivity contribution in [2.24, 2.45) is 0 Å². The van der Waals surface area contributed by atoms with Gasteiger partial charge in [0.05, 0.1) is 10.8 Å². The lowest BCUT2D eigenvalue weighted by atomic mass is 9.65. The third kappa shape index (κ3) is 5.52. The molecule has 0 unspecified atom stereocenters. The predicted octanol–water partition coefficient (Wildman–Crippen LogP) is 18.4. The Morgan fingerprint density at radius 2 is 0.583 bits per heavy atom. The second-order valence-corrected chi connectivity index (χ2v) is 19.7. The van der Waals surface area contributed by atoms with E-state index in [4.69, 9.17) is 0 Å². The molecule has 2 aliphatic carbocycles. The van der Waals surface area contributed by atoms with Crippen molar-refractivity contribution in [1.82, 2.24) is 0 Å². The van der Waals surface area contributed by atoms with E-state index < -0.39 is 10.8 Å². The first-order valence-corrected chi connectivity index (χ1v) is 25.2. The molecule has 334 valence electrons. The monoisotopic (exact) mass is 910 g/mol. The van der Waals surface area contributed by atoms with Crippen molar-refractivity contribution in [2.75, 3.05) is 0 Å². The minimum absolute atomic E-state index is 0.547. The smallest absolute Gasteiger partial charge is 0.0622 e. The summed E-state index contributed by atoms with van der Waals surface area (Å²) in [6, 6.07) is 105. The zero-order valence-corrected chi connectivity index (χ0v) is 39.6. The molecule has 0 aromatic heterocycles. The maximum absolute atomic E-state index is 2.62. The first-order chi connectivity index (χ1) is 35.7. The molecule has 0 aliphatic heterocycles. The topological polar surface area (TPSA) is 0 Å². The molecule has 13 aromatic rings. The second-order valence-electron chi connectivity index (χ2n) is 19.7. The van der Waals surface area contributed by atoms with Gasteiger partial charge in [0.2, 0.25) is 0 Å². The fraction of sp³-hybridized carbons (Fsp3) is 0.0278. The van der Waals surface area contributed by atoms with Crippen LogP contribution in [0.25, 0.3) is 87.6 Å². The predicted molar refractivity (Wildman–Crippen MR) is 302 cm³/mol. The van der Waals surface area contributed by atoms with Crippen LogP contribution in [0.5, 0.6) is 0 Å². The van der Waals surface area contributed by atoms with Gasteiger partial charge in [0.15, 0.2) is 0 Å². The minimum atomic E-state index is -0.669. The lowest BCUT2D eigenvalue weighted by Crippen LogP contribution is -2.30. The summed E-state index contributed by atoms with van der Waals surface area (Å²) < 4.78 is 0. The van der Waals surface area contributed by atoms with E-state index in [0.29, 0.717) is 0 Å². The van der Waals surface area contributed by atoms with Gasteiger partial charge in [0.1, 0.15) is 0 Å². The molecule has 0 saturated carbocycles. The summed E-state index contributed by atoms with van der Waals surface area (Å²) in [5.41, 5.74) is 19.2. The van der Waals surface area contributed by atoms with Crippen LogP contribution in [0.15, 0.2) is 279 Å². The Labute approximate surface area is 419 Å². The molecule has 0 atom stereocenters. The van der Waals surface area contributed by atoms with E-state index in [-0.39, 0.29) is 0 Å². The van der Waals surface area contributed by atoms with Crippen LogP contribution in [0.3, 0.4) is 0 Å². The summed E-state index contributed by atoms with van der Waals surface area (Å²) in [4.78, 5) is 0. The highest BCUT2D eigenvalue weighted by molar-refractivity contribution is 6.25. The van der Waals surface area contributed by atoms with Gasteiger partial charge < -0.3 is 0 Å². The quantitative estimate of drug-likeness (QED) is 0.146. The van der Waals surface area contributed by atoms with Crippen LogP contribution in [-0.2, 0) is 10.8 Å². The molecular weight excluding hydrogens is 865 g/mol. The standard InChI is InChI=1S/C72H46/c1-5-25-50(26-6-1)71(51-27-7-2-8-28-51)64-40-22-21-34-55(64)61-44-66-63(46-65(61)71)70-56-35-16-15-33-54(56)62(45-67(70)72(66,52-29-9-3-10-30-52)53-31-11-4-12-32-53)69-59-38-19-17-36-57(59)68(58-37-18-20-39-60(58)69)49-42-41-47-23-13-14-24-48(47)43-49/h1-46H. The van der Waals surface area contributed by atoms with Gasteiger partial charge in [-0.05, 0) is 156 Å². The zero-order chi connectivity index (χ0) is 47.4. The third-order valence-corrected chi connectivity index (χ3v) is 16.4. The fourth-order valence-electron chi connectivity index (χ4n) is 13.6. The minimum Gasteiger partial charge on any atom is -0.0622 e. The van der Waals surface area contributed by atoms with Crippen molar-refractivity contribution in [1.29, 1.82) is 0 Å². The summed E-state index contributed by atoms with van der Waals surface area (Å²) in [6.07, 6.45) is 0. The van der Waals surface area contributed by atoms with Crippen LogP contribution in [-0.4, -0.2) is 0 Å². The van der Waals surface area contributed by atoms with Crippen molar-refractivity contribution < 1.29 is 0 Å². The van der Waals surface area contributed by atoms with Crippen molar-refractivity contribution in [3.63, 3.8) is 0 Å². The zero-order valence-electron chi connectivity index (χ0n) is 39.6. The summed E-state index contributed by atoms with van der Waals surface area (Å²) in [7, 11) is 0. The SMILES string of the molecule is c1ccc(C2(c3ccccc3)c3ccccc3-c3cc4c(cc32)-c2c(cc(-c3c5ccccc5c(-c5ccc6ccccc6c5)c5ccccc35)c3ccccc23)C4(c2ccccc2)c2ccccc2)cc1. The maximum Gasteiger partial charge on any atom is 0.0714 e. The molecule has 72 heavy (non-hydrogen) atoms. The lowest BCUT2D eigenvalue weighted by molar-refractivity contribution is 0.759. The molecule has 2 aliphatic rings. The molecule has 0 fully saturated rings. The Bertz CT molecular complexity index is 4160. The molecular formula is C72H46. The van der Waals surface area contributed by atoms with E-state index in [1.165, 1.54) is 132 Å². The van der Waals surface area contributed by atoms with Gasteiger partial charge >= 0.3 is 0 Å². The summed E-state index contributed by atoms with van der Waals surface area (Å²) in [5, 5.41) is 9.99. The molecule has 0 saturated heterocycles. The van der Waals surface area contributed by atoms with Gasteiger partial charge in [0.25, 0.3) is 0 Å². The molecule has 13 aromatic carbocycles. The van der Waals surface area contributed by atoms with Gasteiger partial charge in [-0.2, -0.15) is 0 Å². The first kappa shape index (κ1) is 40.8. The molecule has 0 bridgehead atoms. The summed E-state index contributed by atoms with van der Waals surface area (Å²) >= 11 is 0. The Hall–Kier alpha value is -9.10. The van der Waals surface area contributed by atoms with Crippen LogP contribution in [0.4, 0.5) is 0 Å². The van der Waals surface area contributed by atoms with Crippen molar-refractivity contribution in [3.8, 4) is 44.5 Å². The van der Waals surface area contributed by atoms with Gasteiger partial charge in [-0.3, -0.25) is 0 Å². The number of hydrogen-bond donors (Lipinski definition) is 0. The molecule has 0 heterocycles. The highest BCUT2D eigenvalue weighted by atomic mass is 14.5. The van der Waals surface area contributed by atoms with Crippen LogP contribution in [0, 0.1) is 0 Å². The van der Waals surface area contributed by atoms with E-state index in [9.17, 15) is 0 Å². The molecule has 0 radical (unpaired) electrons. The van der Waals surface area contributed by atoms with Gasteiger partial charge in [-0.15, -0.1) is 0 Å². The van der Waals surface area contributed by atoms with Gasteiger partial charge in [-0.1, -0.05) is 255 Å². The highest BCUT2D eigenvalue weighted by Gasteiger charge is 2.52. The number of benzene rings is 13. The van der Waals surface area contributed by atoms with Crippen molar-refractivity contribution >= 4 is 43.1 Å². The van der Waals surface area contributed by atoms with Crippen molar-refractivity contribution in [2.45, 2.75) is 10.8 Å². The largest absolute Gasteiger partial charge is 0.0714 e. The average Bonchev–Trinajstić information content (AvgIpc) is 3.92. The summed E-state index contributed by atoms with van der Waals surface area (Å²) in [5.74, 6) is 0. The molecule has 0 amide bonds. The third-order valence-electron chi connectivity index (χ3n) is 16.4. The highest BCUT2D eigenvalue weighted by Crippen LogP contribution is 2.64. The van der Waals surface area contributed by atoms with Crippen LogP contribution in [0.1, 0.15) is 44.5 Å². The number of fused-ring (bicyclic) bond motifs is 11. The molecule has 0 spiro atoms. The van der Waals surface area contributed by atoms with E-state index in [0.717, 1.165) is 0 Å². The molecule has 0 nitrogen and oxygen atoms in total. The van der Waals surface area contributed by atoms with E-state index in [2.05, 4.69) is 279 Å².